The summed E-state index contributed by atoms with van der Waals surface area (Å²) < 4.78 is 1.62. The second-order valence-corrected chi connectivity index (χ2v) is 7.46. The topological polar surface area (TPSA) is 78.0 Å². The number of hydrogen-bond donors (Lipinski definition) is 1. The second-order valence-electron chi connectivity index (χ2n) is 6.60. The Labute approximate surface area is 156 Å². The summed E-state index contributed by atoms with van der Waals surface area (Å²) in [5.41, 5.74) is 9.48. The fourth-order valence-corrected chi connectivity index (χ4v) is 4.19. The van der Waals surface area contributed by atoms with E-state index in [0.717, 1.165) is 33.8 Å². The molecule has 26 heavy (non-hydrogen) atoms. The van der Waals surface area contributed by atoms with Crippen LogP contribution in [0.15, 0.2) is 28.4 Å². The minimum Gasteiger partial charge on any atom is -0.370 e. The van der Waals surface area contributed by atoms with Gasteiger partial charge in [0.1, 0.15) is 10.7 Å². The molecule has 0 bridgehead atoms. The molecule has 2 aromatic heterocycles. The van der Waals surface area contributed by atoms with E-state index in [4.69, 9.17) is 10.7 Å². The number of carbonyl (C=O) groups excluding carboxylic acids is 1. The van der Waals surface area contributed by atoms with Crippen LogP contribution in [0.25, 0.3) is 21.3 Å². The lowest BCUT2D eigenvalue weighted by Gasteiger charge is -2.12. The highest BCUT2D eigenvalue weighted by Crippen LogP contribution is 2.33. The van der Waals surface area contributed by atoms with Crippen molar-refractivity contribution in [2.45, 2.75) is 46.6 Å². The maximum absolute atomic E-state index is 13.2. The van der Waals surface area contributed by atoms with Gasteiger partial charge in [-0.1, -0.05) is 30.7 Å². The van der Waals surface area contributed by atoms with Crippen LogP contribution in [0.2, 0.25) is 0 Å². The average molecular weight is 369 g/mol. The molecule has 0 radical (unpaired) electrons. The molecule has 0 fully saturated rings. The van der Waals surface area contributed by atoms with Gasteiger partial charge in [0.15, 0.2) is 0 Å². The number of carbonyl (C=O) groups is 1. The number of aryl methyl sites for hydroxylation is 3. The van der Waals surface area contributed by atoms with Crippen LogP contribution < -0.4 is 11.3 Å². The van der Waals surface area contributed by atoms with Gasteiger partial charge >= 0.3 is 0 Å². The molecule has 0 unspecified atom stereocenters. The lowest BCUT2D eigenvalue weighted by molar-refractivity contribution is -0.118. The van der Waals surface area contributed by atoms with Gasteiger partial charge in [-0.3, -0.25) is 14.2 Å². The Hall–Kier alpha value is -2.47. The zero-order chi connectivity index (χ0) is 18.8. The fraction of sp³-hybridized carbons (Fsp3) is 0.350. The highest BCUT2D eigenvalue weighted by atomic mass is 32.1. The molecule has 2 heterocycles. The summed E-state index contributed by atoms with van der Waals surface area (Å²) in [4.78, 5) is 29.9. The van der Waals surface area contributed by atoms with Gasteiger partial charge in [-0.25, -0.2) is 4.98 Å². The molecular formula is C20H23N3O2S. The van der Waals surface area contributed by atoms with Crippen molar-refractivity contribution in [3.05, 3.63) is 50.9 Å². The third kappa shape index (κ3) is 3.42. The van der Waals surface area contributed by atoms with Crippen molar-refractivity contribution in [2.24, 2.45) is 5.73 Å². The Morgan fingerprint density at radius 1 is 1.27 bits per heavy atom. The van der Waals surface area contributed by atoms with Crippen LogP contribution in [0.3, 0.4) is 0 Å². The molecule has 136 valence electrons. The van der Waals surface area contributed by atoms with Crippen molar-refractivity contribution in [1.82, 2.24) is 9.55 Å². The molecular weight excluding hydrogens is 346 g/mol. The molecule has 6 heteroatoms. The first kappa shape index (κ1) is 18.3. The van der Waals surface area contributed by atoms with Gasteiger partial charge in [0.2, 0.25) is 5.91 Å². The van der Waals surface area contributed by atoms with E-state index in [-0.39, 0.29) is 18.5 Å². The second kappa shape index (κ2) is 7.41. The summed E-state index contributed by atoms with van der Waals surface area (Å²) >= 11 is 1.49. The van der Waals surface area contributed by atoms with Gasteiger partial charge in [0.25, 0.3) is 5.56 Å². The normalized spacial score (nSPS) is 11.2. The number of primary amides is 1. The number of fused-ring (bicyclic) bond motifs is 1. The summed E-state index contributed by atoms with van der Waals surface area (Å²) in [5.74, 6) is 0.305. The van der Waals surface area contributed by atoms with Gasteiger partial charge in [0.05, 0.1) is 5.39 Å². The van der Waals surface area contributed by atoms with Crippen LogP contribution >= 0.6 is 11.3 Å². The van der Waals surface area contributed by atoms with Gasteiger partial charge < -0.3 is 5.73 Å². The zero-order valence-electron chi connectivity index (χ0n) is 15.3. The number of aromatic nitrogens is 2. The molecule has 3 aromatic rings. The summed E-state index contributed by atoms with van der Waals surface area (Å²) in [6.45, 7) is 6.42. The van der Waals surface area contributed by atoms with Gasteiger partial charge in [-0.2, -0.15) is 0 Å². The van der Waals surface area contributed by atoms with Gasteiger partial charge in [-0.05, 0) is 31.4 Å². The molecule has 1 amide bonds. The fourth-order valence-electron chi connectivity index (χ4n) is 3.25. The number of amides is 1. The van der Waals surface area contributed by atoms with Crippen LogP contribution in [-0.2, 0) is 17.8 Å². The maximum Gasteiger partial charge on any atom is 0.262 e. The van der Waals surface area contributed by atoms with Crippen LogP contribution in [0, 0.1) is 13.8 Å². The number of nitrogens with two attached hydrogens (primary N) is 1. The third-order valence-electron chi connectivity index (χ3n) is 4.50. The Kier molecular flexibility index (Phi) is 5.23. The number of thiophene rings is 1. The van der Waals surface area contributed by atoms with Gasteiger partial charge in [0, 0.05) is 30.3 Å². The first-order valence-electron chi connectivity index (χ1n) is 8.79. The molecule has 5 nitrogen and oxygen atoms in total. The Bertz CT molecular complexity index is 1030. The summed E-state index contributed by atoms with van der Waals surface area (Å²) in [5, 5.41) is 2.64. The highest BCUT2D eigenvalue weighted by molar-refractivity contribution is 7.17. The van der Waals surface area contributed by atoms with E-state index in [1.807, 2.05) is 12.3 Å². The average Bonchev–Trinajstić information content (AvgIpc) is 2.98. The minimum absolute atomic E-state index is 0.0871. The van der Waals surface area contributed by atoms with E-state index in [1.54, 1.807) is 4.57 Å². The molecule has 0 aliphatic rings. The van der Waals surface area contributed by atoms with E-state index >= 15 is 0 Å². The van der Waals surface area contributed by atoms with E-state index < -0.39 is 5.91 Å². The van der Waals surface area contributed by atoms with Crippen LogP contribution in [0.5, 0.6) is 0 Å². The lowest BCUT2D eigenvalue weighted by atomic mass is 9.99. The summed E-state index contributed by atoms with van der Waals surface area (Å²) in [6.07, 6.45) is 1.71. The molecule has 3 rings (SSSR count). The van der Waals surface area contributed by atoms with Crippen LogP contribution in [0.4, 0.5) is 0 Å². The minimum atomic E-state index is -0.417. The number of benzene rings is 1. The standard InChI is InChI=1S/C20H23N3O2S/c1-4-5-17-22-19-18(20(25)23(17)9-8-16(21)24)15(11-26-19)14-7-6-12(2)10-13(14)3/h6-7,10-11H,4-5,8-9H2,1-3H3,(H2,21,24). The molecule has 0 aliphatic heterocycles. The molecule has 0 aliphatic carbocycles. The number of nitrogens with zero attached hydrogens (tertiary/aromatic N) is 2. The van der Waals surface area contributed by atoms with Crippen molar-refractivity contribution in [2.75, 3.05) is 0 Å². The van der Waals surface area contributed by atoms with E-state index in [0.29, 0.717) is 11.8 Å². The molecule has 1 aromatic carbocycles. The maximum atomic E-state index is 13.2. The number of rotatable bonds is 6. The SMILES string of the molecule is CCCc1nc2scc(-c3ccc(C)cc3C)c2c(=O)n1CCC(N)=O. The lowest BCUT2D eigenvalue weighted by Crippen LogP contribution is -2.27. The predicted molar refractivity (Wildman–Crippen MR) is 107 cm³/mol. The molecule has 0 saturated carbocycles. The Balaban J connectivity index is 2.23. The molecule has 0 saturated heterocycles. The van der Waals surface area contributed by atoms with E-state index in [9.17, 15) is 9.59 Å². The van der Waals surface area contributed by atoms with Gasteiger partial charge in [-0.15, -0.1) is 11.3 Å². The molecule has 2 N–H and O–H groups in total. The van der Waals surface area contributed by atoms with Crippen molar-refractivity contribution in [1.29, 1.82) is 0 Å². The Morgan fingerprint density at radius 3 is 2.69 bits per heavy atom. The number of hydrogen-bond acceptors (Lipinski definition) is 4. The van der Waals surface area contributed by atoms with Crippen molar-refractivity contribution >= 4 is 27.5 Å². The smallest absolute Gasteiger partial charge is 0.262 e. The Morgan fingerprint density at radius 2 is 2.04 bits per heavy atom. The van der Waals surface area contributed by atoms with Crippen LogP contribution in [-0.4, -0.2) is 15.5 Å². The molecule has 0 atom stereocenters. The van der Waals surface area contributed by atoms with Crippen LogP contribution in [0.1, 0.15) is 36.7 Å². The predicted octanol–water partition coefficient (Wildman–Crippen LogP) is 3.57. The van der Waals surface area contributed by atoms with Crippen molar-refractivity contribution in [3.8, 4) is 11.1 Å². The van der Waals surface area contributed by atoms with E-state index in [2.05, 4.69) is 32.0 Å². The van der Waals surface area contributed by atoms with Crippen molar-refractivity contribution < 1.29 is 4.79 Å². The summed E-state index contributed by atoms with van der Waals surface area (Å²) in [7, 11) is 0. The first-order valence-corrected chi connectivity index (χ1v) is 9.67. The zero-order valence-corrected chi connectivity index (χ0v) is 16.2. The first-order chi connectivity index (χ1) is 12.4. The van der Waals surface area contributed by atoms with E-state index in [1.165, 1.54) is 16.9 Å². The summed E-state index contributed by atoms with van der Waals surface area (Å²) in [6, 6.07) is 6.22. The quantitative estimate of drug-likeness (QED) is 0.721. The molecule has 0 spiro atoms. The monoisotopic (exact) mass is 369 g/mol. The largest absolute Gasteiger partial charge is 0.370 e. The highest BCUT2D eigenvalue weighted by Gasteiger charge is 2.18. The van der Waals surface area contributed by atoms with Crippen molar-refractivity contribution in [3.63, 3.8) is 0 Å². The third-order valence-corrected chi connectivity index (χ3v) is 5.37.